The molecule has 0 bridgehead atoms. The van der Waals surface area contributed by atoms with Crippen LogP contribution < -0.4 is 10.1 Å². The molecule has 2 aromatic carbocycles. The normalized spacial score (nSPS) is 14.8. The molecule has 8 heteroatoms. The summed E-state index contributed by atoms with van der Waals surface area (Å²) in [6, 6.07) is 11.5. The van der Waals surface area contributed by atoms with Crippen molar-refractivity contribution in [3.8, 4) is 5.75 Å². The van der Waals surface area contributed by atoms with E-state index in [1.165, 1.54) is 0 Å². The van der Waals surface area contributed by atoms with Gasteiger partial charge in [0.15, 0.2) is 6.61 Å². The lowest BCUT2D eigenvalue weighted by Crippen LogP contribution is -2.52. The van der Waals surface area contributed by atoms with E-state index < -0.39 is 6.04 Å². The summed E-state index contributed by atoms with van der Waals surface area (Å²) in [5.41, 5.74) is 0.784. The Balaban J connectivity index is 1.77. The maximum Gasteiger partial charge on any atom is 0.261 e. The fraction of sp³-hybridized carbons (Fsp3) is 0.417. The summed E-state index contributed by atoms with van der Waals surface area (Å²) in [5, 5.41) is 4.53. The number of ether oxygens (including phenoxy) is 1. The van der Waals surface area contributed by atoms with Crippen LogP contribution in [0.4, 0.5) is 0 Å². The van der Waals surface area contributed by atoms with Gasteiger partial charge < -0.3 is 15.0 Å². The minimum absolute atomic E-state index is 0.140. The number of halogens is 3. The Bertz CT molecular complexity index is 931. The highest BCUT2D eigenvalue weighted by Gasteiger charge is 2.31. The van der Waals surface area contributed by atoms with Crippen molar-refractivity contribution in [2.24, 2.45) is 0 Å². The zero-order valence-corrected chi connectivity index (χ0v) is 20.2. The quantitative estimate of drug-likeness (QED) is 0.470. The molecule has 2 amide bonds. The number of carbonyl (C=O) groups excluding carboxylic acids is 2. The van der Waals surface area contributed by atoms with Gasteiger partial charge in [-0.1, -0.05) is 60.6 Å². The van der Waals surface area contributed by atoms with E-state index in [-0.39, 0.29) is 31.0 Å². The van der Waals surface area contributed by atoms with Crippen molar-refractivity contribution < 1.29 is 14.3 Å². The second kappa shape index (κ2) is 11.8. The van der Waals surface area contributed by atoms with Gasteiger partial charge in [-0.15, -0.1) is 0 Å². The van der Waals surface area contributed by atoms with Gasteiger partial charge in [0.05, 0.1) is 10.0 Å². The first-order valence-corrected chi connectivity index (χ1v) is 11.9. The molecular weight excluding hydrogens is 471 g/mol. The maximum atomic E-state index is 13.2. The lowest BCUT2D eigenvalue weighted by atomic mass is 10.1. The summed E-state index contributed by atoms with van der Waals surface area (Å²) in [4.78, 5) is 27.9. The van der Waals surface area contributed by atoms with E-state index in [0.717, 1.165) is 31.2 Å². The molecule has 0 radical (unpaired) electrons. The molecule has 0 heterocycles. The number of nitrogens with zero attached hydrogens (tertiary/aromatic N) is 1. The molecule has 0 saturated heterocycles. The zero-order chi connectivity index (χ0) is 23.1. The molecule has 0 spiro atoms. The van der Waals surface area contributed by atoms with E-state index in [1.54, 1.807) is 47.4 Å². The predicted molar refractivity (Wildman–Crippen MR) is 128 cm³/mol. The average molecular weight is 498 g/mol. The lowest BCUT2D eigenvalue weighted by Gasteiger charge is -2.31. The van der Waals surface area contributed by atoms with E-state index >= 15 is 0 Å². The molecule has 1 atom stereocenters. The van der Waals surface area contributed by atoms with Crippen LogP contribution in [-0.4, -0.2) is 35.4 Å². The third kappa shape index (κ3) is 6.77. The second-order valence-corrected chi connectivity index (χ2v) is 9.18. The monoisotopic (exact) mass is 496 g/mol. The van der Waals surface area contributed by atoms with Crippen LogP contribution >= 0.6 is 34.8 Å². The topological polar surface area (TPSA) is 58.6 Å². The van der Waals surface area contributed by atoms with E-state index in [1.807, 2.05) is 6.92 Å². The summed E-state index contributed by atoms with van der Waals surface area (Å²) in [5.74, 6) is 0.0967. The number of amides is 2. The number of benzene rings is 2. The second-order valence-electron chi connectivity index (χ2n) is 7.93. The molecule has 172 valence electrons. The molecule has 0 aliphatic heterocycles. The summed E-state index contributed by atoms with van der Waals surface area (Å²) in [6.45, 7) is 1.92. The lowest BCUT2D eigenvalue weighted by molar-refractivity contribution is -0.143. The summed E-state index contributed by atoms with van der Waals surface area (Å²) >= 11 is 18.1. The molecule has 1 aliphatic carbocycles. The van der Waals surface area contributed by atoms with Gasteiger partial charge in [0.1, 0.15) is 11.8 Å². The summed E-state index contributed by atoms with van der Waals surface area (Å²) in [6.07, 6.45) is 4.66. The van der Waals surface area contributed by atoms with Gasteiger partial charge in [-0.05, 0) is 61.2 Å². The molecule has 5 nitrogen and oxygen atoms in total. The smallest absolute Gasteiger partial charge is 0.261 e. The molecule has 3 rings (SSSR count). The van der Waals surface area contributed by atoms with Gasteiger partial charge in [-0.25, -0.2) is 0 Å². The van der Waals surface area contributed by atoms with Crippen molar-refractivity contribution in [1.82, 2.24) is 10.2 Å². The molecule has 1 fully saturated rings. The minimum Gasteiger partial charge on any atom is -0.484 e. The van der Waals surface area contributed by atoms with Crippen LogP contribution in [0.25, 0.3) is 0 Å². The first kappa shape index (κ1) is 24.7. The van der Waals surface area contributed by atoms with Gasteiger partial charge in [0.25, 0.3) is 5.91 Å². The SMILES string of the molecule is CCC(C(=O)NC1CCCC1)N(Cc1ccc(Cl)c(Cl)c1)C(=O)COc1ccc(Cl)cc1. The Labute approximate surface area is 204 Å². The van der Waals surface area contributed by atoms with Crippen LogP contribution in [0.3, 0.4) is 0 Å². The average Bonchev–Trinajstić information content (AvgIpc) is 3.28. The fourth-order valence-electron chi connectivity index (χ4n) is 3.88. The van der Waals surface area contributed by atoms with Crippen LogP contribution in [0, 0.1) is 0 Å². The van der Waals surface area contributed by atoms with Gasteiger partial charge in [0, 0.05) is 17.6 Å². The van der Waals surface area contributed by atoms with Crippen LogP contribution in [-0.2, 0) is 16.1 Å². The van der Waals surface area contributed by atoms with Crippen molar-refractivity contribution in [3.63, 3.8) is 0 Å². The van der Waals surface area contributed by atoms with E-state index in [0.29, 0.717) is 27.2 Å². The fourth-order valence-corrected chi connectivity index (χ4v) is 4.33. The van der Waals surface area contributed by atoms with E-state index in [4.69, 9.17) is 39.5 Å². The van der Waals surface area contributed by atoms with E-state index in [2.05, 4.69) is 5.32 Å². The Morgan fingerprint density at radius 1 is 1.06 bits per heavy atom. The molecular formula is C24H27Cl3N2O3. The zero-order valence-electron chi connectivity index (χ0n) is 18.0. The van der Waals surface area contributed by atoms with Crippen LogP contribution in [0.2, 0.25) is 15.1 Å². The van der Waals surface area contributed by atoms with E-state index in [9.17, 15) is 9.59 Å². The highest BCUT2D eigenvalue weighted by molar-refractivity contribution is 6.42. The van der Waals surface area contributed by atoms with Crippen LogP contribution in [0.1, 0.15) is 44.6 Å². The van der Waals surface area contributed by atoms with Gasteiger partial charge in [-0.3, -0.25) is 9.59 Å². The van der Waals surface area contributed by atoms with Crippen LogP contribution in [0.15, 0.2) is 42.5 Å². The third-order valence-corrected chi connectivity index (χ3v) is 6.59. The molecule has 1 aliphatic rings. The van der Waals surface area contributed by atoms with Crippen molar-refractivity contribution >= 4 is 46.6 Å². The number of hydrogen-bond acceptors (Lipinski definition) is 3. The molecule has 32 heavy (non-hydrogen) atoms. The summed E-state index contributed by atoms with van der Waals surface area (Å²) in [7, 11) is 0. The first-order valence-electron chi connectivity index (χ1n) is 10.8. The molecule has 2 aromatic rings. The molecule has 1 N–H and O–H groups in total. The largest absolute Gasteiger partial charge is 0.484 e. The Hall–Kier alpha value is -1.95. The predicted octanol–water partition coefficient (Wildman–Crippen LogP) is 5.89. The Morgan fingerprint density at radius 2 is 1.75 bits per heavy atom. The highest BCUT2D eigenvalue weighted by atomic mass is 35.5. The van der Waals surface area contributed by atoms with Gasteiger partial charge >= 0.3 is 0 Å². The Morgan fingerprint density at radius 3 is 2.38 bits per heavy atom. The van der Waals surface area contributed by atoms with Gasteiger partial charge in [-0.2, -0.15) is 0 Å². The number of nitrogens with one attached hydrogen (secondary N) is 1. The van der Waals surface area contributed by atoms with Crippen molar-refractivity contribution in [2.75, 3.05) is 6.61 Å². The minimum atomic E-state index is -0.619. The molecule has 1 unspecified atom stereocenters. The highest BCUT2D eigenvalue weighted by Crippen LogP contribution is 2.25. The molecule has 1 saturated carbocycles. The van der Waals surface area contributed by atoms with Crippen molar-refractivity contribution in [2.45, 2.75) is 57.7 Å². The number of carbonyl (C=O) groups is 2. The molecule has 0 aromatic heterocycles. The van der Waals surface area contributed by atoms with Crippen LogP contribution in [0.5, 0.6) is 5.75 Å². The first-order chi connectivity index (χ1) is 15.4. The number of rotatable bonds is 9. The van der Waals surface area contributed by atoms with Crippen molar-refractivity contribution in [3.05, 3.63) is 63.1 Å². The van der Waals surface area contributed by atoms with Gasteiger partial charge in [0.2, 0.25) is 5.91 Å². The standard InChI is InChI=1S/C24H27Cl3N2O3/c1-2-22(24(31)28-18-5-3-4-6-18)29(14-16-7-12-20(26)21(27)13-16)23(30)15-32-19-10-8-17(25)9-11-19/h7-13,18,22H,2-6,14-15H2,1H3,(H,28,31). The maximum absolute atomic E-state index is 13.2. The summed E-state index contributed by atoms with van der Waals surface area (Å²) < 4.78 is 5.66. The number of hydrogen-bond donors (Lipinski definition) is 1. The van der Waals surface area contributed by atoms with Crippen molar-refractivity contribution in [1.29, 1.82) is 0 Å². The Kier molecular flexibility index (Phi) is 9.09. The third-order valence-electron chi connectivity index (χ3n) is 5.60.